The number of nitrogens with one attached hydrogen (secondary N) is 1. The van der Waals surface area contributed by atoms with Crippen LogP contribution < -0.4 is 10.5 Å². The topological polar surface area (TPSA) is 102 Å². The smallest absolute Gasteiger partial charge is 0.373 e. The van der Waals surface area contributed by atoms with Crippen LogP contribution in [0, 0.1) is 6.92 Å². The first-order valence-corrected chi connectivity index (χ1v) is 13.5. The molecule has 1 fully saturated rings. The first kappa shape index (κ1) is 27.6. The van der Waals surface area contributed by atoms with Gasteiger partial charge in [0, 0.05) is 24.3 Å². The maximum atomic E-state index is 12.9. The summed E-state index contributed by atoms with van der Waals surface area (Å²) in [5, 5.41) is 7.91. The van der Waals surface area contributed by atoms with E-state index in [0.29, 0.717) is 38.1 Å². The Labute approximate surface area is 219 Å². The molecule has 0 bridgehead atoms. The van der Waals surface area contributed by atoms with Crippen molar-refractivity contribution in [3.8, 4) is 11.1 Å². The highest BCUT2D eigenvalue weighted by Gasteiger charge is 2.31. The minimum absolute atomic E-state index is 0.0657. The highest BCUT2D eigenvalue weighted by atomic mass is 32.2. The van der Waals surface area contributed by atoms with E-state index in [-0.39, 0.29) is 16.7 Å². The van der Waals surface area contributed by atoms with Crippen LogP contribution in [0.25, 0.3) is 11.1 Å². The molecule has 0 spiro atoms. The number of carbonyl (C=O) groups is 1. The average molecular weight is 548 g/mol. The second-order valence-corrected chi connectivity index (χ2v) is 10.8. The van der Waals surface area contributed by atoms with Crippen molar-refractivity contribution in [2.24, 2.45) is 5.14 Å². The summed E-state index contributed by atoms with van der Waals surface area (Å²) in [6.07, 6.45) is -3.37. The zero-order valence-electron chi connectivity index (χ0n) is 20.7. The third-order valence-corrected chi connectivity index (χ3v) is 7.33. The molecule has 3 N–H and O–H groups in total. The van der Waals surface area contributed by atoms with Crippen molar-refractivity contribution in [3.63, 3.8) is 0 Å². The predicted octanol–water partition coefficient (Wildman–Crippen LogP) is 5.54. The lowest BCUT2D eigenvalue weighted by Crippen LogP contribution is -2.43. The molecule has 0 aromatic heterocycles. The van der Waals surface area contributed by atoms with Gasteiger partial charge in [0.15, 0.2) is 0 Å². The molecule has 0 unspecified atom stereocenters. The number of ether oxygens (including phenoxy) is 1. The summed E-state index contributed by atoms with van der Waals surface area (Å²) in [5.41, 5.74) is 2.35. The molecule has 0 atom stereocenters. The Morgan fingerprint density at radius 2 is 1.74 bits per heavy atom. The number of piperidine rings is 1. The average Bonchev–Trinajstić information content (AvgIpc) is 2.87. The lowest BCUT2D eigenvalue weighted by molar-refractivity contribution is -0.137. The van der Waals surface area contributed by atoms with Crippen molar-refractivity contribution in [1.29, 1.82) is 0 Å². The predicted molar refractivity (Wildman–Crippen MR) is 138 cm³/mol. The Bertz CT molecular complexity index is 1400. The van der Waals surface area contributed by atoms with Crippen molar-refractivity contribution in [2.45, 2.75) is 43.5 Å². The van der Waals surface area contributed by atoms with Crippen LogP contribution in [0.2, 0.25) is 0 Å². The molecule has 7 nitrogen and oxygen atoms in total. The molecule has 1 saturated heterocycles. The second kappa shape index (κ2) is 11.1. The molecule has 1 aliphatic heterocycles. The van der Waals surface area contributed by atoms with Gasteiger partial charge in [-0.25, -0.2) is 18.4 Å². The fourth-order valence-electron chi connectivity index (χ4n) is 4.31. The van der Waals surface area contributed by atoms with Crippen molar-refractivity contribution in [2.75, 3.05) is 18.4 Å². The summed E-state index contributed by atoms with van der Waals surface area (Å²) >= 11 is 0. The van der Waals surface area contributed by atoms with Gasteiger partial charge in [0.2, 0.25) is 10.0 Å². The van der Waals surface area contributed by atoms with Crippen LogP contribution >= 0.6 is 0 Å². The van der Waals surface area contributed by atoms with E-state index in [1.807, 2.05) is 31.2 Å². The Morgan fingerprint density at radius 3 is 2.37 bits per heavy atom. The van der Waals surface area contributed by atoms with E-state index >= 15 is 0 Å². The van der Waals surface area contributed by atoms with Crippen molar-refractivity contribution in [1.82, 2.24) is 4.90 Å². The Morgan fingerprint density at radius 1 is 1.05 bits per heavy atom. The van der Waals surface area contributed by atoms with Gasteiger partial charge in [-0.05, 0) is 55.2 Å². The third-order valence-electron chi connectivity index (χ3n) is 6.36. The third kappa shape index (κ3) is 6.91. The highest BCUT2D eigenvalue weighted by molar-refractivity contribution is 7.89. The van der Waals surface area contributed by atoms with Gasteiger partial charge in [-0.3, -0.25) is 0 Å². The lowest BCUT2D eigenvalue weighted by Gasteiger charge is -2.32. The number of amides is 2. The number of alkyl halides is 3. The van der Waals surface area contributed by atoms with Crippen LogP contribution in [0.1, 0.15) is 29.5 Å². The lowest BCUT2D eigenvalue weighted by atomic mass is 10.0. The van der Waals surface area contributed by atoms with Gasteiger partial charge in [0.05, 0.1) is 23.2 Å². The molecule has 38 heavy (non-hydrogen) atoms. The maximum Gasteiger partial charge on any atom is 0.416 e. The number of nitrogens with two attached hydrogens (primary N) is 1. The monoisotopic (exact) mass is 547 g/mol. The molecule has 202 valence electrons. The summed E-state index contributed by atoms with van der Waals surface area (Å²) in [6, 6.07) is 16.4. The van der Waals surface area contributed by atoms with Gasteiger partial charge >= 0.3 is 12.2 Å². The summed E-state index contributed by atoms with van der Waals surface area (Å²) < 4.78 is 68.7. The molecule has 3 aromatic carbocycles. The first-order chi connectivity index (χ1) is 17.9. The number of urea groups is 1. The van der Waals surface area contributed by atoms with E-state index in [2.05, 4.69) is 5.32 Å². The normalized spacial score (nSPS) is 14.9. The fourth-order valence-corrected chi connectivity index (χ4v) is 5.05. The number of hydrogen-bond donors (Lipinski definition) is 2. The fraction of sp³-hybridized carbons (Fsp3) is 0.296. The summed E-state index contributed by atoms with van der Waals surface area (Å²) in [5.74, 6) is 0. The van der Waals surface area contributed by atoms with Gasteiger partial charge in [-0.15, -0.1) is 0 Å². The van der Waals surface area contributed by atoms with Gasteiger partial charge in [0.1, 0.15) is 0 Å². The summed E-state index contributed by atoms with van der Waals surface area (Å²) in [4.78, 5) is 14.1. The molecular weight excluding hydrogens is 519 g/mol. The van der Waals surface area contributed by atoms with Crippen molar-refractivity contribution in [3.05, 3.63) is 83.4 Å². The van der Waals surface area contributed by atoms with E-state index < -0.39 is 27.8 Å². The molecule has 0 radical (unpaired) electrons. The number of carbonyl (C=O) groups excluding carboxylic acids is 1. The molecule has 0 aliphatic carbocycles. The number of aryl methyl sites for hydroxylation is 1. The molecular formula is C27H28F3N3O4S. The van der Waals surface area contributed by atoms with Gasteiger partial charge in [0.25, 0.3) is 0 Å². The van der Waals surface area contributed by atoms with Crippen LogP contribution in [-0.4, -0.2) is 38.5 Å². The SMILES string of the molecule is Cc1ccc(S(N)(=O)=O)c(-c2ccc(COC3CCN(C(=O)Nc4cccc(C(F)(F)F)c4)CC3)cc2)c1. The quantitative estimate of drug-likeness (QED) is 0.423. The van der Waals surface area contributed by atoms with Gasteiger partial charge < -0.3 is 15.0 Å². The number of rotatable bonds is 6. The molecule has 1 heterocycles. The largest absolute Gasteiger partial charge is 0.416 e. The number of halogens is 3. The number of hydrogen-bond acceptors (Lipinski definition) is 4. The van der Waals surface area contributed by atoms with Crippen LogP contribution in [0.5, 0.6) is 0 Å². The van der Waals surface area contributed by atoms with Crippen LogP contribution in [0.15, 0.2) is 71.6 Å². The minimum Gasteiger partial charge on any atom is -0.373 e. The highest BCUT2D eigenvalue weighted by Crippen LogP contribution is 2.31. The number of anilines is 1. The van der Waals surface area contributed by atoms with E-state index in [1.165, 1.54) is 18.2 Å². The second-order valence-electron chi connectivity index (χ2n) is 9.25. The van der Waals surface area contributed by atoms with E-state index in [0.717, 1.165) is 28.8 Å². The Balaban J connectivity index is 1.29. The molecule has 1 aliphatic rings. The van der Waals surface area contributed by atoms with E-state index in [4.69, 9.17) is 9.88 Å². The Hall–Kier alpha value is -3.41. The van der Waals surface area contributed by atoms with Gasteiger partial charge in [-0.2, -0.15) is 13.2 Å². The van der Waals surface area contributed by atoms with E-state index in [1.54, 1.807) is 17.0 Å². The van der Waals surface area contributed by atoms with Crippen LogP contribution in [0.3, 0.4) is 0 Å². The number of sulfonamides is 1. The maximum absolute atomic E-state index is 12.9. The number of nitrogens with zero attached hydrogens (tertiary/aromatic N) is 1. The minimum atomic E-state index is -4.48. The first-order valence-electron chi connectivity index (χ1n) is 12.0. The summed E-state index contributed by atoms with van der Waals surface area (Å²) in [7, 11) is -3.87. The Kier molecular flexibility index (Phi) is 8.10. The van der Waals surface area contributed by atoms with E-state index in [9.17, 15) is 26.4 Å². The molecule has 3 aromatic rings. The number of likely N-dealkylation sites (tertiary alicyclic amines) is 1. The van der Waals surface area contributed by atoms with Crippen LogP contribution in [-0.2, 0) is 27.5 Å². The molecule has 11 heteroatoms. The van der Waals surface area contributed by atoms with Crippen molar-refractivity contribution < 1.29 is 31.1 Å². The standard InChI is InChI=1S/C27H28F3N3O4S/c1-18-5-10-25(38(31,35)36)24(15-18)20-8-6-19(7-9-20)17-37-23-11-13-33(14-12-23)26(34)32-22-4-2-3-21(16-22)27(28,29)30/h2-10,15-16,23H,11-14,17H2,1H3,(H,32,34)(H2,31,35,36). The molecule has 4 rings (SSSR count). The summed E-state index contributed by atoms with van der Waals surface area (Å²) in [6.45, 7) is 3.05. The van der Waals surface area contributed by atoms with Crippen molar-refractivity contribution >= 4 is 21.7 Å². The zero-order chi connectivity index (χ0) is 27.5. The zero-order valence-corrected chi connectivity index (χ0v) is 21.5. The molecule has 2 amide bonds. The van der Waals surface area contributed by atoms with Gasteiger partial charge in [-0.1, -0.05) is 48.0 Å². The number of benzene rings is 3. The number of primary sulfonamides is 1. The van der Waals surface area contributed by atoms with Crippen LogP contribution in [0.4, 0.5) is 23.7 Å². The molecule has 0 saturated carbocycles.